The van der Waals surface area contributed by atoms with Crippen LogP contribution in [0.2, 0.25) is 0 Å². The van der Waals surface area contributed by atoms with Crippen LogP contribution < -0.4 is 9.47 Å². The predicted molar refractivity (Wildman–Crippen MR) is 132 cm³/mol. The van der Waals surface area contributed by atoms with Gasteiger partial charge < -0.3 is 24.1 Å². The van der Waals surface area contributed by atoms with E-state index in [1.54, 1.807) is 62.4 Å². The third-order valence-electron chi connectivity index (χ3n) is 6.66. The molecule has 0 saturated heterocycles. The van der Waals surface area contributed by atoms with Gasteiger partial charge in [0.25, 0.3) is 0 Å². The van der Waals surface area contributed by atoms with E-state index >= 15 is 0 Å². The SMILES string of the molecule is CCOC(=O)C1=C(O)C[C@@H](c2ccc(OC)cc2)[C@](C(C)=O)(C(=O)OCC)C1c1ccc(OC)cc1. The van der Waals surface area contributed by atoms with E-state index in [1.807, 2.05) is 0 Å². The standard InChI is InChI=1S/C28H32O8/c1-6-35-26(31)24-23(30)16-22(18-8-12-20(33-4)13-9-18)28(17(3)29,27(32)36-7-2)25(24)19-10-14-21(34-5)15-11-19/h8-15,22,25,30H,6-7,16H2,1-5H3/t22-,25?,28-/m0/s1. The molecule has 8 heteroatoms. The van der Waals surface area contributed by atoms with Crippen LogP contribution in [0.5, 0.6) is 11.5 Å². The van der Waals surface area contributed by atoms with Gasteiger partial charge in [0.05, 0.1) is 33.0 Å². The number of hydrogen-bond donors (Lipinski definition) is 1. The Hall–Kier alpha value is -3.81. The number of esters is 2. The first-order valence-electron chi connectivity index (χ1n) is 11.8. The first kappa shape index (κ1) is 26.8. The van der Waals surface area contributed by atoms with Gasteiger partial charge in [0.15, 0.2) is 0 Å². The quantitative estimate of drug-likeness (QED) is 0.400. The average Bonchev–Trinajstić information content (AvgIpc) is 2.88. The minimum Gasteiger partial charge on any atom is -0.512 e. The van der Waals surface area contributed by atoms with Crippen molar-refractivity contribution in [3.63, 3.8) is 0 Å². The fourth-order valence-electron chi connectivity index (χ4n) is 5.05. The molecule has 0 saturated carbocycles. The predicted octanol–water partition coefficient (Wildman–Crippen LogP) is 4.49. The lowest BCUT2D eigenvalue weighted by Gasteiger charge is -2.46. The van der Waals surface area contributed by atoms with Crippen molar-refractivity contribution in [1.82, 2.24) is 0 Å². The Kier molecular flexibility index (Phi) is 8.40. The van der Waals surface area contributed by atoms with Crippen molar-refractivity contribution < 1.29 is 38.4 Å². The minimum atomic E-state index is -1.85. The molecule has 0 fully saturated rings. The van der Waals surface area contributed by atoms with Gasteiger partial charge >= 0.3 is 11.9 Å². The van der Waals surface area contributed by atoms with Crippen molar-refractivity contribution in [1.29, 1.82) is 0 Å². The van der Waals surface area contributed by atoms with Gasteiger partial charge in [0.2, 0.25) is 0 Å². The van der Waals surface area contributed by atoms with Crippen molar-refractivity contribution in [3.05, 3.63) is 71.0 Å². The van der Waals surface area contributed by atoms with Gasteiger partial charge in [0, 0.05) is 18.3 Å². The monoisotopic (exact) mass is 496 g/mol. The Morgan fingerprint density at radius 2 is 1.36 bits per heavy atom. The lowest BCUT2D eigenvalue weighted by molar-refractivity contribution is -0.164. The fraction of sp³-hybridized carbons (Fsp3) is 0.393. The molecule has 2 aromatic carbocycles. The molecule has 1 N–H and O–H groups in total. The van der Waals surface area contributed by atoms with E-state index in [0.717, 1.165) is 0 Å². The highest BCUT2D eigenvalue weighted by Crippen LogP contribution is 2.58. The third-order valence-corrected chi connectivity index (χ3v) is 6.66. The van der Waals surface area contributed by atoms with E-state index in [9.17, 15) is 19.5 Å². The molecule has 0 amide bonds. The van der Waals surface area contributed by atoms with E-state index in [-0.39, 0.29) is 31.0 Å². The van der Waals surface area contributed by atoms with Crippen LogP contribution in [-0.4, -0.2) is 50.3 Å². The number of methoxy groups -OCH3 is 2. The number of aliphatic hydroxyl groups excluding tert-OH is 1. The van der Waals surface area contributed by atoms with E-state index in [4.69, 9.17) is 18.9 Å². The van der Waals surface area contributed by atoms with Gasteiger partial charge in [-0.25, -0.2) is 4.79 Å². The largest absolute Gasteiger partial charge is 0.512 e. The Labute approximate surface area is 210 Å². The zero-order valence-electron chi connectivity index (χ0n) is 21.2. The molecular weight excluding hydrogens is 464 g/mol. The van der Waals surface area contributed by atoms with Crippen molar-refractivity contribution in [3.8, 4) is 11.5 Å². The highest BCUT2D eigenvalue weighted by atomic mass is 16.5. The summed E-state index contributed by atoms with van der Waals surface area (Å²) in [6.07, 6.45) is -0.133. The molecular formula is C28H32O8. The number of benzene rings is 2. The van der Waals surface area contributed by atoms with Crippen LogP contribution in [0, 0.1) is 5.41 Å². The minimum absolute atomic E-state index is 0.0307. The summed E-state index contributed by atoms with van der Waals surface area (Å²) in [5.74, 6) is -3.14. The molecule has 1 unspecified atom stereocenters. The number of carbonyl (C=O) groups is 3. The zero-order valence-corrected chi connectivity index (χ0v) is 21.2. The maximum absolute atomic E-state index is 13.9. The second-order valence-corrected chi connectivity index (χ2v) is 8.46. The average molecular weight is 497 g/mol. The first-order valence-corrected chi connectivity index (χ1v) is 11.8. The molecule has 2 aromatic rings. The summed E-state index contributed by atoms with van der Waals surface area (Å²) in [4.78, 5) is 40.7. The molecule has 3 atom stereocenters. The number of hydrogen-bond acceptors (Lipinski definition) is 8. The summed E-state index contributed by atoms with van der Waals surface area (Å²) < 4.78 is 21.3. The Morgan fingerprint density at radius 1 is 0.861 bits per heavy atom. The highest BCUT2D eigenvalue weighted by molar-refractivity contribution is 6.08. The lowest BCUT2D eigenvalue weighted by Crippen LogP contribution is -2.53. The summed E-state index contributed by atoms with van der Waals surface area (Å²) in [5.41, 5.74) is -0.901. The Morgan fingerprint density at radius 3 is 1.81 bits per heavy atom. The van der Waals surface area contributed by atoms with E-state index in [0.29, 0.717) is 22.6 Å². The summed E-state index contributed by atoms with van der Waals surface area (Å²) in [6.45, 7) is 4.70. The number of rotatable bonds is 9. The molecule has 0 bridgehead atoms. The molecule has 1 aliphatic carbocycles. The maximum atomic E-state index is 13.9. The van der Waals surface area contributed by atoms with E-state index in [1.165, 1.54) is 21.1 Å². The van der Waals surface area contributed by atoms with Crippen molar-refractivity contribution >= 4 is 17.7 Å². The summed E-state index contributed by atoms with van der Waals surface area (Å²) in [7, 11) is 3.05. The van der Waals surface area contributed by atoms with Gasteiger partial charge in [-0.2, -0.15) is 0 Å². The number of aliphatic hydroxyl groups is 1. The van der Waals surface area contributed by atoms with Crippen LogP contribution in [0.4, 0.5) is 0 Å². The summed E-state index contributed by atoms with van der Waals surface area (Å²) in [5, 5.41) is 11.2. The van der Waals surface area contributed by atoms with Crippen LogP contribution in [0.15, 0.2) is 59.9 Å². The summed E-state index contributed by atoms with van der Waals surface area (Å²) in [6, 6.07) is 13.6. The molecule has 3 rings (SSSR count). The molecule has 0 aromatic heterocycles. The molecule has 36 heavy (non-hydrogen) atoms. The Bertz CT molecular complexity index is 1130. The van der Waals surface area contributed by atoms with Crippen molar-refractivity contribution in [2.24, 2.45) is 5.41 Å². The van der Waals surface area contributed by atoms with Gasteiger partial charge in [0.1, 0.15) is 28.5 Å². The maximum Gasteiger partial charge on any atom is 0.338 e. The van der Waals surface area contributed by atoms with Gasteiger partial charge in [-0.1, -0.05) is 24.3 Å². The van der Waals surface area contributed by atoms with Gasteiger partial charge in [-0.05, 0) is 56.2 Å². The molecule has 8 nitrogen and oxygen atoms in total. The van der Waals surface area contributed by atoms with Crippen molar-refractivity contribution in [2.45, 2.75) is 39.0 Å². The van der Waals surface area contributed by atoms with Crippen LogP contribution in [0.1, 0.15) is 50.2 Å². The fourth-order valence-corrected chi connectivity index (χ4v) is 5.05. The van der Waals surface area contributed by atoms with Gasteiger partial charge in [-0.3, -0.25) is 9.59 Å². The number of allylic oxidation sites excluding steroid dienone is 1. The Balaban J connectivity index is 2.39. The zero-order chi connectivity index (χ0) is 26.5. The number of Topliss-reactive ketones (excluding diaryl/α,β-unsaturated/α-hetero) is 1. The van der Waals surface area contributed by atoms with Crippen molar-refractivity contribution in [2.75, 3.05) is 27.4 Å². The van der Waals surface area contributed by atoms with E-state index in [2.05, 4.69) is 0 Å². The first-order chi connectivity index (χ1) is 17.3. The number of ether oxygens (including phenoxy) is 4. The third kappa shape index (κ3) is 4.67. The molecule has 0 spiro atoms. The number of carbonyl (C=O) groups excluding carboxylic acids is 3. The number of ketones is 1. The molecule has 0 aliphatic heterocycles. The second-order valence-electron chi connectivity index (χ2n) is 8.46. The molecule has 192 valence electrons. The smallest absolute Gasteiger partial charge is 0.338 e. The molecule has 0 heterocycles. The van der Waals surface area contributed by atoms with E-state index < -0.39 is 35.0 Å². The van der Waals surface area contributed by atoms with Crippen LogP contribution in [0.3, 0.4) is 0 Å². The molecule has 0 radical (unpaired) electrons. The topological polar surface area (TPSA) is 108 Å². The van der Waals surface area contributed by atoms with Crippen LogP contribution >= 0.6 is 0 Å². The van der Waals surface area contributed by atoms with Crippen LogP contribution in [0.25, 0.3) is 0 Å². The highest BCUT2D eigenvalue weighted by Gasteiger charge is 2.62. The summed E-state index contributed by atoms with van der Waals surface area (Å²) >= 11 is 0. The van der Waals surface area contributed by atoms with Crippen LogP contribution in [-0.2, 0) is 23.9 Å². The molecule has 1 aliphatic rings. The van der Waals surface area contributed by atoms with Gasteiger partial charge in [-0.15, -0.1) is 0 Å². The second kappa shape index (κ2) is 11.3. The normalized spacial score (nSPS) is 21.5. The lowest BCUT2D eigenvalue weighted by atomic mass is 9.54.